The second-order valence-corrected chi connectivity index (χ2v) is 8.00. The van der Waals surface area contributed by atoms with Gasteiger partial charge in [-0.25, -0.2) is 0 Å². The zero-order valence-electron chi connectivity index (χ0n) is 20.2. The summed E-state index contributed by atoms with van der Waals surface area (Å²) in [5.74, 6) is 2.06. The molecule has 2 N–H and O–H groups in total. The molecule has 0 aliphatic carbocycles. The van der Waals surface area contributed by atoms with Crippen molar-refractivity contribution in [2.24, 2.45) is 0 Å². The number of aryl methyl sites for hydroxylation is 2. The molecule has 2 rings (SSSR count). The zero-order chi connectivity index (χ0) is 23.3. The Bertz CT molecular complexity index is 629. The van der Waals surface area contributed by atoms with Crippen LogP contribution in [0.1, 0.15) is 76.3 Å². The van der Waals surface area contributed by atoms with Gasteiger partial charge >= 0.3 is 0 Å². The normalized spacial score (nSPS) is 10.5. The van der Waals surface area contributed by atoms with Crippen LogP contribution >= 0.6 is 0 Å². The van der Waals surface area contributed by atoms with E-state index in [0.29, 0.717) is 13.2 Å². The van der Waals surface area contributed by atoms with E-state index in [4.69, 9.17) is 14.9 Å². The highest BCUT2D eigenvalue weighted by Crippen LogP contribution is 2.30. The molecule has 0 saturated heterocycles. The molecule has 0 aromatic heterocycles. The van der Waals surface area contributed by atoms with Gasteiger partial charge in [0.25, 0.3) is 0 Å². The van der Waals surface area contributed by atoms with E-state index < -0.39 is 0 Å². The highest BCUT2D eigenvalue weighted by molar-refractivity contribution is 5.41. The minimum atomic E-state index is 0.0278. The topological polar surface area (TPSA) is 58.9 Å². The minimum Gasteiger partial charge on any atom is -0.457 e. The third-order valence-corrected chi connectivity index (χ3v) is 5.24. The average molecular weight is 445 g/mol. The van der Waals surface area contributed by atoms with Crippen LogP contribution in [0, 0.1) is 0 Å². The summed E-state index contributed by atoms with van der Waals surface area (Å²) in [6, 6.07) is 17.1. The highest BCUT2D eigenvalue weighted by atomic mass is 16.5. The first-order valence-corrected chi connectivity index (χ1v) is 12.4. The molecule has 0 spiro atoms. The van der Waals surface area contributed by atoms with Gasteiger partial charge in [0, 0.05) is 0 Å². The molecule has 0 amide bonds. The van der Waals surface area contributed by atoms with E-state index in [0.717, 1.165) is 24.3 Å². The van der Waals surface area contributed by atoms with E-state index in [1.54, 1.807) is 0 Å². The molecule has 0 radical (unpaired) electrons. The van der Waals surface area contributed by atoms with Gasteiger partial charge in [-0.3, -0.25) is 0 Å². The SMILES string of the molecule is CCCCCCc1ccccc1Oc1ccccc1CCCCCC.OCCOCCO. The van der Waals surface area contributed by atoms with Crippen LogP contribution in [0.3, 0.4) is 0 Å². The Morgan fingerprint density at radius 3 is 1.44 bits per heavy atom. The predicted molar refractivity (Wildman–Crippen MR) is 134 cm³/mol. The number of benzene rings is 2. The first kappa shape index (κ1) is 28.2. The summed E-state index contributed by atoms with van der Waals surface area (Å²) in [5.41, 5.74) is 2.67. The van der Waals surface area contributed by atoms with Gasteiger partial charge in [-0.05, 0) is 48.9 Å². The van der Waals surface area contributed by atoms with Crippen molar-refractivity contribution < 1.29 is 19.7 Å². The molecule has 4 heteroatoms. The van der Waals surface area contributed by atoms with E-state index in [-0.39, 0.29) is 13.2 Å². The molecule has 0 aliphatic rings. The molecule has 0 atom stereocenters. The average Bonchev–Trinajstić information content (AvgIpc) is 2.82. The van der Waals surface area contributed by atoms with Crippen molar-refractivity contribution in [3.63, 3.8) is 0 Å². The van der Waals surface area contributed by atoms with Gasteiger partial charge in [-0.2, -0.15) is 0 Å². The summed E-state index contributed by atoms with van der Waals surface area (Å²) < 4.78 is 11.0. The Balaban J connectivity index is 0.000000633. The Kier molecular flexibility index (Phi) is 17.4. The molecule has 2 aromatic carbocycles. The lowest BCUT2D eigenvalue weighted by atomic mass is 10.0. The summed E-state index contributed by atoms with van der Waals surface area (Å²) in [6.07, 6.45) is 12.5. The maximum Gasteiger partial charge on any atom is 0.130 e. The molecule has 0 fully saturated rings. The largest absolute Gasteiger partial charge is 0.457 e. The van der Waals surface area contributed by atoms with Crippen molar-refractivity contribution in [2.75, 3.05) is 26.4 Å². The number of aliphatic hydroxyl groups is 2. The Morgan fingerprint density at radius 1 is 0.594 bits per heavy atom. The van der Waals surface area contributed by atoms with Gasteiger partial charge < -0.3 is 19.7 Å². The number of hydrogen-bond acceptors (Lipinski definition) is 4. The third kappa shape index (κ3) is 12.8. The van der Waals surface area contributed by atoms with Gasteiger partial charge in [0.15, 0.2) is 0 Å². The van der Waals surface area contributed by atoms with E-state index in [1.165, 1.54) is 62.5 Å². The number of hydrogen-bond donors (Lipinski definition) is 2. The molecule has 0 unspecified atom stereocenters. The lowest BCUT2D eigenvalue weighted by Gasteiger charge is -2.14. The van der Waals surface area contributed by atoms with Crippen LogP contribution in [0.2, 0.25) is 0 Å². The summed E-state index contributed by atoms with van der Waals surface area (Å²) in [6.45, 7) is 5.21. The second kappa shape index (κ2) is 19.8. The predicted octanol–water partition coefficient (Wildman–Crippen LogP) is 6.71. The zero-order valence-corrected chi connectivity index (χ0v) is 20.2. The number of para-hydroxylation sites is 2. The Labute approximate surface area is 195 Å². The van der Waals surface area contributed by atoms with Crippen molar-refractivity contribution in [3.8, 4) is 11.5 Å². The third-order valence-electron chi connectivity index (χ3n) is 5.24. The summed E-state index contributed by atoms with van der Waals surface area (Å²) in [4.78, 5) is 0. The first-order chi connectivity index (χ1) is 15.8. The van der Waals surface area contributed by atoms with Crippen LogP contribution in [0.5, 0.6) is 11.5 Å². The fourth-order valence-electron chi connectivity index (χ4n) is 3.45. The van der Waals surface area contributed by atoms with Crippen molar-refractivity contribution in [1.29, 1.82) is 0 Å². The smallest absolute Gasteiger partial charge is 0.130 e. The molecule has 2 aromatic rings. The van der Waals surface area contributed by atoms with Gasteiger partial charge in [-0.15, -0.1) is 0 Å². The van der Waals surface area contributed by atoms with Crippen LogP contribution in [-0.2, 0) is 17.6 Å². The fourth-order valence-corrected chi connectivity index (χ4v) is 3.45. The summed E-state index contributed by atoms with van der Waals surface area (Å²) in [5, 5.41) is 16.2. The Hall–Kier alpha value is -1.88. The molecule has 32 heavy (non-hydrogen) atoms. The number of unbranched alkanes of at least 4 members (excludes halogenated alkanes) is 6. The first-order valence-electron chi connectivity index (χ1n) is 12.4. The lowest BCUT2D eigenvalue weighted by Crippen LogP contribution is -2.03. The van der Waals surface area contributed by atoms with Crippen LogP contribution in [-0.4, -0.2) is 36.6 Å². The molecule has 0 aliphatic heterocycles. The number of aliphatic hydroxyl groups excluding tert-OH is 2. The standard InChI is InChI=1S/C24H34O.C4H10O3/c1-3-5-7-9-15-21-17-11-13-19-23(21)25-24-20-14-12-18-22(24)16-10-8-6-4-2;5-1-3-7-4-2-6/h11-14,17-20H,3-10,15-16H2,1-2H3;5-6H,1-4H2. The van der Waals surface area contributed by atoms with Crippen LogP contribution in [0.25, 0.3) is 0 Å². The maximum atomic E-state index is 8.09. The van der Waals surface area contributed by atoms with Crippen molar-refractivity contribution in [2.45, 2.75) is 78.1 Å². The maximum absolute atomic E-state index is 8.09. The van der Waals surface area contributed by atoms with E-state index >= 15 is 0 Å². The highest BCUT2D eigenvalue weighted by Gasteiger charge is 2.08. The van der Waals surface area contributed by atoms with Crippen LogP contribution in [0.15, 0.2) is 48.5 Å². The fraction of sp³-hybridized carbons (Fsp3) is 0.571. The molecule has 180 valence electrons. The van der Waals surface area contributed by atoms with E-state index in [9.17, 15) is 0 Å². The minimum absolute atomic E-state index is 0.0278. The van der Waals surface area contributed by atoms with Crippen molar-refractivity contribution in [1.82, 2.24) is 0 Å². The molecule has 4 nitrogen and oxygen atoms in total. The van der Waals surface area contributed by atoms with Gasteiger partial charge in [0.05, 0.1) is 26.4 Å². The molecule has 0 bridgehead atoms. The number of rotatable bonds is 16. The summed E-state index contributed by atoms with van der Waals surface area (Å²) >= 11 is 0. The number of ether oxygens (including phenoxy) is 2. The van der Waals surface area contributed by atoms with Crippen LogP contribution < -0.4 is 4.74 Å². The van der Waals surface area contributed by atoms with Gasteiger partial charge in [0.2, 0.25) is 0 Å². The second-order valence-electron chi connectivity index (χ2n) is 8.00. The van der Waals surface area contributed by atoms with Crippen molar-refractivity contribution in [3.05, 3.63) is 59.7 Å². The quantitative estimate of drug-likeness (QED) is 0.282. The van der Waals surface area contributed by atoms with Crippen molar-refractivity contribution >= 4 is 0 Å². The van der Waals surface area contributed by atoms with Gasteiger partial charge in [-0.1, -0.05) is 88.8 Å². The lowest BCUT2D eigenvalue weighted by molar-refractivity contribution is 0.0650. The van der Waals surface area contributed by atoms with Crippen LogP contribution in [0.4, 0.5) is 0 Å². The molecule has 0 heterocycles. The van der Waals surface area contributed by atoms with E-state index in [1.807, 2.05) is 0 Å². The molecule has 0 saturated carbocycles. The monoisotopic (exact) mass is 444 g/mol. The molecular formula is C28H44O4. The van der Waals surface area contributed by atoms with Gasteiger partial charge in [0.1, 0.15) is 11.5 Å². The Morgan fingerprint density at radius 2 is 1.03 bits per heavy atom. The summed E-state index contributed by atoms with van der Waals surface area (Å²) in [7, 11) is 0. The molecular weight excluding hydrogens is 400 g/mol. The van der Waals surface area contributed by atoms with E-state index in [2.05, 4.69) is 67.1 Å².